The summed E-state index contributed by atoms with van der Waals surface area (Å²) in [5, 5.41) is 5.09. The summed E-state index contributed by atoms with van der Waals surface area (Å²) in [6, 6.07) is 5.51. The third kappa shape index (κ3) is 28.1. The van der Waals surface area contributed by atoms with Crippen LogP contribution in [0.4, 0.5) is 0 Å². The highest BCUT2D eigenvalue weighted by Crippen LogP contribution is 2.50. The monoisotopic (exact) mass is 1940 g/mol. The fourth-order valence-corrected chi connectivity index (χ4v) is 86.3. The predicted octanol–water partition coefficient (Wildman–Crippen LogP) is 14.4. The summed E-state index contributed by atoms with van der Waals surface area (Å²) in [7, 11) is -64.3. The van der Waals surface area contributed by atoms with Gasteiger partial charge in [-0.25, -0.2) is 0 Å². The highest BCUT2D eigenvalue weighted by molar-refractivity contribution is 9.10. The number of hydrogen-bond acceptors (Lipinski definition) is 20. The van der Waals surface area contributed by atoms with Crippen LogP contribution in [0.1, 0.15) is 64.7 Å². The fourth-order valence-electron chi connectivity index (χ4n) is 9.61. The van der Waals surface area contributed by atoms with Crippen molar-refractivity contribution in [3.8, 4) is 0 Å². The molecule has 20 nitrogen and oxygen atoms in total. The van der Waals surface area contributed by atoms with Gasteiger partial charge in [0.2, 0.25) is 0 Å². The molecule has 6 bridgehead atoms. The minimum atomic E-state index is -5.30. The van der Waals surface area contributed by atoms with Gasteiger partial charge in [-0.2, -0.15) is 0 Å². The quantitative estimate of drug-likeness (QED) is 0.0415. The molecular formula is C41H103Br7O20Si17. The number of unbranched alkanes of at least 4 members (excludes halogenated alkanes) is 1. The zero-order chi connectivity index (χ0) is 64.0. The molecule has 0 aromatic heterocycles. The van der Waals surface area contributed by atoms with Crippen LogP contribution in [0.2, 0.25) is 153 Å². The lowest BCUT2D eigenvalue weighted by molar-refractivity contribution is -0.0961. The van der Waals surface area contributed by atoms with Crippen molar-refractivity contribution < 1.29 is 82.3 Å². The maximum atomic E-state index is 8.06. The molecule has 0 aromatic carbocycles. The van der Waals surface area contributed by atoms with E-state index >= 15 is 0 Å². The Hall–Kier alpha value is 6.25. The molecule has 0 aliphatic carbocycles. The van der Waals surface area contributed by atoms with E-state index in [0.717, 1.165) is 95.8 Å². The molecular weight excluding hydrogens is 1850 g/mol. The van der Waals surface area contributed by atoms with Gasteiger partial charge in [-0.1, -0.05) is 131 Å². The van der Waals surface area contributed by atoms with Crippen LogP contribution < -0.4 is 0 Å². The minimum Gasteiger partial charge on any atom is -0.441 e. The van der Waals surface area contributed by atoms with Crippen molar-refractivity contribution in [1.82, 2.24) is 0 Å². The third-order valence-electron chi connectivity index (χ3n) is 13.7. The standard InChI is InChI=1S/C41H103Br7O20Si17/c1-18-19-34-71(2,3)49-69-50-79(53-72(4,5)35-20-27-42)60-82(56-75(10,11)38-23-30-45)62-80(54-73(6,7)36-21-28-43)51-70-52-81(55-74(8,9)37-22-29-44)63-83(61-79,57-76(12,13)39-24-31-46)67-85(66-82,59-78(16,17)41-26-33-48)68-84(64-80,65-81)58-77(14,15)40-25-32-47/h18-41,69-70H2,1-17H3. The van der Waals surface area contributed by atoms with Crippen LogP contribution in [0.15, 0.2) is 0 Å². The second-order valence-electron chi connectivity index (χ2n) is 26.7. The fraction of sp³-hybridized carbons (Fsp3) is 1.00. The summed E-state index contributed by atoms with van der Waals surface area (Å²) >= 11 is 26.0. The summed E-state index contributed by atoms with van der Waals surface area (Å²) in [6.07, 6.45) is 7.44. The van der Waals surface area contributed by atoms with Gasteiger partial charge in [0.25, 0.3) is 20.0 Å². The molecule has 0 saturated carbocycles. The van der Waals surface area contributed by atoms with E-state index < -0.39 is 150 Å². The smallest absolute Gasteiger partial charge is 0.441 e. The topological polar surface area (TPSA) is 185 Å². The van der Waals surface area contributed by atoms with Crippen molar-refractivity contribution in [3.63, 3.8) is 0 Å². The van der Waals surface area contributed by atoms with Crippen LogP contribution in [0.25, 0.3) is 0 Å². The van der Waals surface area contributed by atoms with Gasteiger partial charge in [0.05, 0.1) is 0 Å². The maximum Gasteiger partial charge on any atom is 0.651 e. The summed E-state index contributed by atoms with van der Waals surface area (Å²) < 4.78 is 156. The average molecular weight is 1950 g/mol. The Labute approximate surface area is 591 Å². The lowest BCUT2D eigenvalue weighted by Crippen LogP contribution is -2.88. The van der Waals surface area contributed by atoms with E-state index in [-0.39, 0.29) is 0 Å². The molecule has 0 radical (unpaired) electrons. The molecule has 4 heterocycles. The molecule has 0 spiro atoms. The molecule has 4 fully saturated rings. The van der Waals surface area contributed by atoms with Crippen molar-refractivity contribution in [1.29, 1.82) is 0 Å². The van der Waals surface area contributed by atoms with E-state index in [9.17, 15) is 0 Å². The molecule has 0 N–H and O–H groups in total. The van der Waals surface area contributed by atoms with Gasteiger partial charge in [0, 0.05) is 37.3 Å². The van der Waals surface area contributed by atoms with E-state index in [1.165, 1.54) is 0 Å². The van der Waals surface area contributed by atoms with Crippen LogP contribution in [0, 0.1) is 0 Å². The van der Waals surface area contributed by atoms with E-state index in [2.05, 4.69) is 223 Å². The summed E-state index contributed by atoms with van der Waals surface area (Å²) in [5.74, 6) is 0. The van der Waals surface area contributed by atoms with Gasteiger partial charge in [-0.05, 0) is 198 Å². The highest BCUT2D eigenvalue weighted by Gasteiger charge is 2.87. The third-order valence-corrected chi connectivity index (χ3v) is 79.8. The molecule has 504 valence electrons. The predicted molar refractivity (Wildman–Crippen MR) is 401 cm³/mol. The number of alkyl halides is 7. The highest BCUT2D eigenvalue weighted by atomic mass is 79.9. The largest absolute Gasteiger partial charge is 0.651 e. The summed E-state index contributed by atoms with van der Waals surface area (Å²) in [5.41, 5.74) is 0. The first-order chi connectivity index (χ1) is 39.2. The first kappa shape index (κ1) is 83.7. The second kappa shape index (κ2) is 35.5. The molecule has 4 atom stereocenters. The molecule has 4 unspecified atom stereocenters. The number of rotatable bonds is 42. The Morgan fingerprint density at radius 2 is 0.529 bits per heavy atom. The van der Waals surface area contributed by atoms with Crippen molar-refractivity contribution in [3.05, 3.63) is 0 Å². The number of fused-ring (bicyclic) bond motifs is 4. The van der Waals surface area contributed by atoms with E-state index in [4.69, 9.17) is 82.3 Å². The lowest BCUT2D eigenvalue weighted by Gasteiger charge is -2.58. The molecule has 85 heavy (non-hydrogen) atoms. The second-order valence-corrected chi connectivity index (χ2v) is 89.5. The molecule has 4 rings (SSSR count). The molecule has 44 heteroatoms. The molecule has 0 amide bonds. The van der Waals surface area contributed by atoms with Gasteiger partial charge < -0.3 is 82.3 Å². The van der Waals surface area contributed by atoms with Gasteiger partial charge in [-0.15, -0.1) is 0 Å². The van der Waals surface area contributed by atoms with Crippen molar-refractivity contribution in [2.24, 2.45) is 0 Å². The summed E-state index contributed by atoms with van der Waals surface area (Å²) in [4.78, 5) is 0. The summed E-state index contributed by atoms with van der Waals surface area (Å²) in [6.45, 7) is 36.2. The van der Waals surface area contributed by atoms with Gasteiger partial charge >= 0.3 is 63.3 Å². The Kier molecular flexibility index (Phi) is 35.0. The average Bonchev–Trinajstić information content (AvgIpc) is 0.820. The van der Waals surface area contributed by atoms with Crippen LogP contribution in [-0.4, -0.2) is 187 Å². The van der Waals surface area contributed by atoms with Crippen molar-refractivity contribution in [2.45, 2.75) is 218 Å². The van der Waals surface area contributed by atoms with Gasteiger partial charge in [0.1, 0.15) is 0 Å². The first-order valence-electron chi connectivity index (χ1n) is 29.9. The molecule has 4 saturated heterocycles. The minimum absolute atomic E-state index is 0.637. The van der Waals surface area contributed by atoms with E-state index in [1.54, 1.807) is 0 Å². The van der Waals surface area contributed by atoms with E-state index in [1.807, 2.05) is 0 Å². The molecule has 4 aliphatic heterocycles. The van der Waals surface area contributed by atoms with E-state index in [0.29, 0.717) is 47.6 Å². The van der Waals surface area contributed by atoms with Gasteiger partial charge in [-0.3, -0.25) is 0 Å². The lowest BCUT2D eigenvalue weighted by atomic mass is 10.4. The Morgan fingerprint density at radius 1 is 0.306 bits per heavy atom. The van der Waals surface area contributed by atoms with Gasteiger partial charge in [0.15, 0.2) is 66.5 Å². The molecule has 4 aliphatic rings. The van der Waals surface area contributed by atoms with Crippen LogP contribution in [0.5, 0.6) is 0 Å². The maximum absolute atomic E-state index is 8.06. The zero-order valence-corrected chi connectivity index (χ0v) is 82.6. The Morgan fingerprint density at radius 3 is 0.788 bits per heavy atom. The normalized spacial score (nSPS) is 29.8. The molecule has 0 aromatic rings. The van der Waals surface area contributed by atoms with Crippen LogP contribution >= 0.6 is 112 Å². The first-order valence-corrected chi connectivity index (χ1v) is 76.4. The Bertz CT molecular complexity index is 1960. The number of hydrogen-bond donors (Lipinski definition) is 0. The Balaban J connectivity index is 2.47. The zero-order valence-electron chi connectivity index (χ0n) is 53.7. The SMILES string of the molecule is CCCC[Si](C)(C)O[SiH2]O[Si]1(O[Si](C)(C)CCCBr)O[Si]2(O[Si](C)(C)CCCBr)O[Si]3(O[Si](C)(C)CCCBr)O[SiH2]O[Si]4(O[Si](C)(C)CCCBr)O[Si](O[Si](C)(C)CCCBr)(O1)O[Si](O[Si](C)(C)CCCBr)(O2)O[Si](O[Si](C)(C)CCCBr)(O3)O4. The van der Waals surface area contributed by atoms with Crippen molar-refractivity contribution >= 4 is 261 Å². The van der Waals surface area contributed by atoms with Crippen LogP contribution in [-0.2, 0) is 82.3 Å². The van der Waals surface area contributed by atoms with Crippen LogP contribution in [0.3, 0.4) is 0 Å². The van der Waals surface area contributed by atoms with Crippen molar-refractivity contribution in [2.75, 3.05) is 37.3 Å². The number of halogens is 7.